The van der Waals surface area contributed by atoms with Gasteiger partial charge in [-0.15, -0.1) is 0 Å². The molecule has 0 saturated carbocycles. The van der Waals surface area contributed by atoms with E-state index in [9.17, 15) is 0 Å². The smallest absolute Gasteiger partial charge is 0.0642 e. The van der Waals surface area contributed by atoms with E-state index in [2.05, 4.69) is 33.8 Å². The molecule has 0 aromatic heterocycles. The van der Waals surface area contributed by atoms with Crippen molar-refractivity contribution in [1.29, 1.82) is 0 Å². The van der Waals surface area contributed by atoms with Gasteiger partial charge in [-0.1, -0.05) is 53.0 Å². The van der Waals surface area contributed by atoms with Gasteiger partial charge < -0.3 is 4.90 Å². The van der Waals surface area contributed by atoms with Crippen molar-refractivity contribution in [2.24, 2.45) is 5.92 Å². The molecule has 0 N–H and O–H groups in total. The Morgan fingerprint density at radius 2 is 2.17 bits per heavy atom. The van der Waals surface area contributed by atoms with Crippen molar-refractivity contribution in [3.63, 3.8) is 0 Å². The molecule has 1 fully saturated rings. The highest BCUT2D eigenvalue weighted by Crippen LogP contribution is 2.33. The molecule has 100 valence electrons. The number of halogens is 2. The van der Waals surface area contributed by atoms with E-state index in [0.717, 1.165) is 29.4 Å². The lowest BCUT2D eigenvalue weighted by molar-refractivity contribution is 0.459. The third kappa shape index (κ3) is 3.21. The zero-order valence-electron chi connectivity index (χ0n) is 11.0. The molecule has 1 aromatic rings. The van der Waals surface area contributed by atoms with Gasteiger partial charge in [-0.3, -0.25) is 0 Å². The Morgan fingerprint density at radius 1 is 1.33 bits per heavy atom. The molecular weight excluding hydrogens is 310 g/mol. The van der Waals surface area contributed by atoms with Gasteiger partial charge in [-0.05, 0) is 36.8 Å². The van der Waals surface area contributed by atoms with Crippen LogP contribution in [-0.2, 0) is 5.33 Å². The second-order valence-electron chi connectivity index (χ2n) is 5.07. The summed E-state index contributed by atoms with van der Waals surface area (Å²) >= 11 is 9.97. The van der Waals surface area contributed by atoms with E-state index in [1.165, 1.54) is 36.9 Å². The van der Waals surface area contributed by atoms with Crippen LogP contribution >= 0.6 is 27.5 Å². The van der Waals surface area contributed by atoms with E-state index in [-0.39, 0.29) is 0 Å². The minimum Gasteiger partial charge on any atom is -0.370 e. The van der Waals surface area contributed by atoms with Crippen LogP contribution in [0.15, 0.2) is 18.2 Å². The summed E-state index contributed by atoms with van der Waals surface area (Å²) in [5, 5.41) is 1.76. The molecule has 1 aromatic carbocycles. The predicted octanol–water partition coefficient (Wildman–Crippen LogP) is 5.25. The van der Waals surface area contributed by atoms with Gasteiger partial charge in [0, 0.05) is 18.4 Å². The highest BCUT2D eigenvalue weighted by molar-refractivity contribution is 9.08. The van der Waals surface area contributed by atoms with Gasteiger partial charge >= 0.3 is 0 Å². The van der Waals surface area contributed by atoms with E-state index in [1.807, 2.05) is 12.1 Å². The maximum Gasteiger partial charge on any atom is 0.0642 e. The molecule has 0 bridgehead atoms. The van der Waals surface area contributed by atoms with Gasteiger partial charge in [0.15, 0.2) is 0 Å². The fourth-order valence-corrected chi connectivity index (χ4v) is 3.59. The van der Waals surface area contributed by atoms with E-state index >= 15 is 0 Å². The maximum absolute atomic E-state index is 6.40. The molecule has 0 radical (unpaired) electrons. The van der Waals surface area contributed by atoms with Crippen molar-refractivity contribution in [3.8, 4) is 0 Å². The summed E-state index contributed by atoms with van der Waals surface area (Å²) in [7, 11) is 0. The standard InChI is InChI=1S/C15H21BrClN/c1-2-12-5-4-9-18(10-8-12)15-13(11-16)6-3-7-14(15)17/h3,6-7,12H,2,4-5,8-11H2,1H3. The van der Waals surface area contributed by atoms with Crippen LogP contribution in [0.1, 0.15) is 38.2 Å². The number of benzene rings is 1. The molecule has 1 aliphatic rings. The predicted molar refractivity (Wildman–Crippen MR) is 83.9 cm³/mol. The molecule has 2 rings (SSSR count). The van der Waals surface area contributed by atoms with Crippen LogP contribution in [0.3, 0.4) is 0 Å². The summed E-state index contributed by atoms with van der Waals surface area (Å²) in [5.41, 5.74) is 2.55. The third-order valence-corrected chi connectivity index (χ3v) is 4.86. The highest BCUT2D eigenvalue weighted by Gasteiger charge is 2.19. The molecule has 1 atom stereocenters. The topological polar surface area (TPSA) is 3.24 Å². The van der Waals surface area contributed by atoms with Crippen LogP contribution in [0.4, 0.5) is 5.69 Å². The second-order valence-corrected chi connectivity index (χ2v) is 6.04. The largest absolute Gasteiger partial charge is 0.370 e. The van der Waals surface area contributed by atoms with Gasteiger partial charge in [-0.25, -0.2) is 0 Å². The molecule has 0 spiro atoms. The number of rotatable bonds is 3. The lowest BCUT2D eigenvalue weighted by Crippen LogP contribution is -2.25. The lowest BCUT2D eigenvalue weighted by atomic mass is 9.98. The normalized spacial score (nSPS) is 20.8. The Bertz CT molecular complexity index is 394. The molecule has 3 heteroatoms. The van der Waals surface area contributed by atoms with Crippen molar-refractivity contribution in [1.82, 2.24) is 0 Å². The van der Waals surface area contributed by atoms with E-state index < -0.39 is 0 Å². The number of hydrogen-bond donors (Lipinski definition) is 0. The summed E-state index contributed by atoms with van der Waals surface area (Å²) in [4.78, 5) is 2.48. The minimum atomic E-state index is 0.872. The fourth-order valence-electron chi connectivity index (χ4n) is 2.82. The highest BCUT2D eigenvalue weighted by atomic mass is 79.9. The number of nitrogens with zero attached hydrogens (tertiary/aromatic N) is 1. The Labute approximate surface area is 124 Å². The summed E-state index contributed by atoms with van der Waals surface area (Å²) in [6.45, 7) is 4.59. The van der Waals surface area contributed by atoms with Crippen molar-refractivity contribution in [2.75, 3.05) is 18.0 Å². The summed E-state index contributed by atoms with van der Waals surface area (Å²) in [6, 6.07) is 6.21. The zero-order chi connectivity index (χ0) is 13.0. The summed E-state index contributed by atoms with van der Waals surface area (Å²) in [6.07, 6.45) is 5.25. The number of alkyl halides is 1. The van der Waals surface area contributed by atoms with Crippen LogP contribution in [0.25, 0.3) is 0 Å². The van der Waals surface area contributed by atoms with Crippen LogP contribution in [0.2, 0.25) is 5.02 Å². The minimum absolute atomic E-state index is 0.872. The Balaban J connectivity index is 2.20. The first-order valence-corrected chi connectivity index (χ1v) is 8.34. The molecule has 1 saturated heterocycles. The summed E-state index contributed by atoms with van der Waals surface area (Å²) in [5.74, 6) is 0.893. The maximum atomic E-state index is 6.40. The molecule has 18 heavy (non-hydrogen) atoms. The van der Waals surface area contributed by atoms with Gasteiger partial charge in [0.05, 0.1) is 10.7 Å². The summed E-state index contributed by atoms with van der Waals surface area (Å²) < 4.78 is 0. The first-order chi connectivity index (χ1) is 8.76. The SMILES string of the molecule is CCC1CCCN(c2c(Cl)cccc2CBr)CC1. The Hall–Kier alpha value is -0.210. The van der Waals surface area contributed by atoms with Crippen molar-refractivity contribution < 1.29 is 0 Å². The van der Waals surface area contributed by atoms with E-state index in [4.69, 9.17) is 11.6 Å². The van der Waals surface area contributed by atoms with Gasteiger partial charge in [0.1, 0.15) is 0 Å². The lowest BCUT2D eigenvalue weighted by Gasteiger charge is -2.26. The monoisotopic (exact) mass is 329 g/mol. The molecule has 0 aliphatic carbocycles. The number of anilines is 1. The second kappa shape index (κ2) is 6.81. The van der Waals surface area contributed by atoms with Crippen LogP contribution < -0.4 is 4.90 Å². The molecule has 1 nitrogen and oxygen atoms in total. The van der Waals surface area contributed by atoms with Gasteiger partial charge in [0.2, 0.25) is 0 Å². The average Bonchev–Trinajstić information content (AvgIpc) is 2.63. The fraction of sp³-hybridized carbons (Fsp3) is 0.600. The van der Waals surface area contributed by atoms with Crippen molar-refractivity contribution in [3.05, 3.63) is 28.8 Å². The van der Waals surface area contributed by atoms with Gasteiger partial charge in [0.25, 0.3) is 0 Å². The molecular formula is C15H21BrClN. The van der Waals surface area contributed by atoms with Crippen molar-refractivity contribution >= 4 is 33.2 Å². The number of hydrogen-bond acceptors (Lipinski definition) is 1. The third-order valence-electron chi connectivity index (χ3n) is 3.96. The molecule has 1 heterocycles. The van der Waals surface area contributed by atoms with E-state index in [0.29, 0.717) is 0 Å². The zero-order valence-corrected chi connectivity index (χ0v) is 13.3. The van der Waals surface area contributed by atoms with Crippen molar-refractivity contribution in [2.45, 2.75) is 37.9 Å². The Morgan fingerprint density at radius 3 is 2.89 bits per heavy atom. The number of para-hydroxylation sites is 1. The molecule has 1 unspecified atom stereocenters. The van der Waals surface area contributed by atoms with Crippen LogP contribution in [-0.4, -0.2) is 13.1 Å². The molecule has 0 amide bonds. The van der Waals surface area contributed by atoms with Gasteiger partial charge in [-0.2, -0.15) is 0 Å². The molecule has 1 aliphatic heterocycles. The first-order valence-electron chi connectivity index (χ1n) is 6.84. The quantitative estimate of drug-likeness (QED) is 0.684. The van der Waals surface area contributed by atoms with E-state index in [1.54, 1.807) is 0 Å². The van der Waals surface area contributed by atoms with Crippen LogP contribution in [0.5, 0.6) is 0 Å². The first kappa shape index (κ1) is 14.2. The average molecular weight is 331 g/mol. The Kier molecular flexibility index (Phi) is 5.38. The van der Waals surface area contributed by atoms with Crippen LogP contribution in [0, 0.1) is 5.92 Å².